The molecule has 1 aromatic rings. The van der Waals surface area contributed by atoms with Crippen LogP contribution >= 0.6 is 23.2 Å². The van der Waals surface area contributed by atoms with Gasteiger partial charge in [-0.15, -0.1) is 0 Å². The zero-order valence-corrected chi connectivity index (χ0v) is 12.5. The van der Waals surface area contributed by atoms with Crippen molar-refractivity contribution in [1.29, 1.82) is 5.26 Å². The lowest BCUT2D eigenvalue weighted by atomic mass is 10.2. The maximum atomic E-state index is 8.92. The average molecular weight is 298 g/mol. The topological polar surface area (TPSA) is 30.3 Å². The summed E-state index contributed by atoms with van der Waals surface area (Å²) in [6, 6.07) is 7.85. The fraction of sp³-hybridized carbons (Fsp3) is 0.500. The number of nitrogens with zero attached hydrogens (tertiary/aromatic N) is 3. The van der Waals surface area contributed by atoms with Gasteiger partial charge in [-0.25, -0.2) is 0 Å². The van der Waals surface area contributed by atoms with Crippen molar-refractivity contribution in [3.63, 3.8) is 0 Å². The minimum atomic E-state index is -0.00286. The first kappa shape index (κ1) is 14.6. The van der Waals surface area contributed by atoms with E-state index in [0.717, 1.165) is 48.3 Å². The van der Waals surface area contributed by atoms with Crippen molar-refractivity contribution in [2.24, 2.45) is 0 Å². The molecule has 0 N–H and O–H groups in total. The van der Waals surface area contributed by atoms with Gasteiger partial charge in [-0.2, -0.15) is 5.26 Å². The first-order valence-electron chi connectivity index (χ1n) is 6.40. The van der Waals surface area contributed by atoms with E-state index >= 15 is 0 Å². The Hall–Kier alpha value is -0.790. The fourth-order valence-corrected chi connectivity index (χ4v) is 2.67. The van der Waals surface area contributed by atoms with Gasteiger partial charge in [0.05, 0.1) is 12.1 Å². The Morgan fingerprint density at radius 1 is 1.26 bits per heavy atom. The van der Waals surface area contributed by atoms with Crippen molar-refractivity contribution in [2.45, 2.75) is 19.5 Å². The van der Waals surface area contributed by atoms with Crippen LogP contribution < -0.4 is 0 Å². The lowest BCUT2D eigenvalue weighted by molar-refractivity contribution is 0.114. The molecule has 0 radical (unpaired) electrons. The van der Waals surface area contributed by atoms with E-state index in [1.54, 1.807) is 6.07 Å². The smallest absolute Gasteiger partial charge is 0.0950 e. The third kappa shape index (κ3) is 3.84. The molecule has 2 rings (SSSR count). The van der Waals surface area contributed by atoms with Crippen LogP contribution in [0.1, 0.15) is 12.5 Å². The molecule has 1 aliphatic rings. The van der Waals surface area contributed by atoms with E-state index in [0.29, 0.717) is 0 Å². The summed E-state index contributed by atoms with van der Waals surface area (Å²) < 4.78 is 0. The number of piperazine rings is 1. The number of benzene rings is 1. The van der Waals surface area contributed by atoms with Crippen LogP contribution in [-0.4, -0.2) is 42.0 Å². The summed E-state index contributed by atoms with van der Waals surface area (Å²) in [7, 11) is 0. The van der Waals surface area contributed by atoms with Gasteiger partial charge in [-0.1, -0.05) is 23.2 Å². The third-order valence-corrected chi connectivity index (χ3v) is 4.15. The Morgan fingerprint density at radius 3 is 2.58 bits per heavy atom. The Morgan fingerprint density at radius 2 is 1.95 bits per heavy atom. The molecule has 1 atom stereocenters. The van der Waals surface area contributed by atoms with Crippen molar-refractivity contribution in [3.8, 4) is 6.07 Å². The van der Waals surface area contributed by atoms with E-state index < -0.39 is 0 Å². The van der Waals surface area contributed by atoms with Crippen LogP contribution in [0.3, 0.4) is 0 Å². The molecule has 0 bridgehead atoms. The molecular formula is C14H17Cl2N3. The molecule has 19 heavy (non-hydrogen) atoms. The van der Waals surface area contributed by atoms with Gasteiger partial charge < -0.3 is 0 Å². The van der Waals surface area contributed by atoms with E-state index in [1.807, 2.05) is 19.1 Å². The fourth-order valence-electron chi connectivity index (χ4n) is 2.30. The highest BCUT2D eigenvalue weighted by molar-refractivity contribution is 6.33. The van der Waals surface area contributed by atoms with Gasteiger partial charge in [0, 0.05) is 42.8 Å². The third-order valence-electron chi connectivity index (χ3n) is 3.54. The summed E-state index contributed by atoms with van der Waals surface area (Å²) in [6.45, 7) is 6.52. The van der Waals surface area contributed by atoms with Gasteiger partial charge >= 0.3 is 0 Å². The Balaban J connectivity index is 1.92. The summed E-state index contributed by atoms with van der Waals surface area (Å²) in [5.74, 6) is 0. The van der Waals surface area contributed by atoms with Crippen molar-refractivity contribution >= 4 is 23.2 Å². The molecule has 1 fully saturated rings. The van der Waals surface area contributed by atoms with Gasteiger partial charge in [-0.05, 0) is 30.7 Å². The van der Waals surface area contributed by atoms with Crippen LogP contribution in [0, 0.1) is 11.3 Å². The van der Waals surface area contributed by atoms with Gasteiger partial charge in [0.1, 0.15) is 0 Å². The highest BCUT2D eigenvalue weighted by Crippen LogP contribution is 2.22. The first-order chi connectivity index (χ1) is 9.10. The largest absolute Gasteiger partial charge is 0.296 e. The molecular weight excluding hydrogens is 281 g/mol. The maximum absolute atomic E-state index is 8.92. The average Bonchev–Trinajstić information content (AvgIpc) is 2.43. The number of hydrogen-bond acceptors (Lipinski definition) is 3. The molecule has 1 aliphatic heterocycles. The summed E-state index contributed by atoms with van der Waals surface area (Å²) in [6.07, 6.45) is 0. The monoisotopic (exact) mass is 297 g/mol. The molecule has 0 aliphatic carbocycles. The van der Waals surface area contributed by atoms with E-state index in [4.69, 9.17) is 28.5 Å². The molecule has 1 saturated heterocycles. The van der Waals surface area contributed by atoms with Crippen LogP contribution in [0.2, 0.25) is 10.0 Å². The zero-order valence-electron chi connectivity index (χ0n) is 10.9. The summed E-state index contributed by atoms with van der Waals surface area (Å²) in [4.78, 5) is 4.55. The molecule has 102 valence electrons. The minimum Gasteiger partial charge on any atom is -0.296 e. The lowest BCUT2D eigenvalue weighted by Crippen LogP contribution is -2.48. The Bertz CT molecular complexity index is 476. The van der Waals surface area contributed by atoms with Crippen LogP contribution in [-0.2, 0) is 6.54 Å². The molecule has 1 aromatic carbocycles. The maximum Gasteiger partial charge on any atom is 0.0950 e. The van der Waals surface area contributed by atoms with E-state index in [2.05, 4.69) is 15.9 Å². The highest BCUT2D eigenvalue weighted by atomic mass is 35.5. The van der Waals surface area contributed by atoms with Gasteiger partial charge in [0.25, 0.3) is 0 Å². The minimum absolute atomic E-state index is 0.00286. The number of halogens is 2. The molecule has 0 amide bonds. The van der Waals surface area contributed by atoms with Crippen molar-refractivity contribution in [1.82, 2.24) is 9.80 Å². The zero-order chi connectivity index (χ0) is 13.8. The summed E-state index contributed by atoms with van der Waals surface area (Å²) in [5, 5.41) is 10.4. The molecule has 0 saturated carbocycles. The Kier molecular flexibility index (Phi) is 5.06. The van der Waals surface area contributed by atoms with Crippen molar-refractivity contribution in [2.75, 3.05) is 26.2 Å². The normalized spacial score (nSPS) is 19.1. The second kappa shape index (κ2) is 6.58. The van der Waals surface area contributed by atoms with E-state index in [1.165, 1.54) is 0 Å². The van der Waals surface area contributed by atoms with Gasteiger partial charge in [0.2, 0.25) is 0 Å². The second-order valence-electron chi connectivity index (χ2n) is 4.85. The predicted molar refractivity (Wildman–Crippen MR) is 78.4 cm³/mol. The summed E-state index contributed by atoms with van der Waals surface area (Å²) in [5.41, 5.74) is 1.07. The Labute approximate surface area is 124 Å². The SMILES string of the molecule is CC(C#N)N1CCN(Cc2cc(Cl)ccc2Cl)CC1. The summed E-state index contributed by atoms with van der Waals surface area (Å²) >= 11 is 12.2. The van der Waals surface area contributed by atoms with Crippen LogP contribution in [0.15, 0.2) is 18.2 Å². The van der Waals surface area contributed by atoms with E-state index in [9.17, 15) is 0 Å². The molecule has 0 aromatic heterocycles. The van der Waals surface area contributed by atoms with Crippen LogP contribution in [0.4, 0.5) is 0 Å². The van der Waals surface area contributed by atoms with Crippen molar-refractivity contribution in [3.05, 3.63) is 33.8 Å². The first-order valence-corrected chi connectivity index (χ1v) is 7.15. The highest BCUT2D eigenvalue weighted by Gasteiger charge is 2.21. The second-order valence-corrected chi connectivity index (χ2v) is 5.70. The lowest BCUT2D eigenvalue weighted by Gasteiger charge is -2.36. The molecule has 1 heterocycles. The predicted octanol–water partition coefficient (Wildman–Crippen LogP) is 3.02. The number of rotatable bonds is 3. The standard InChI is InChI=1S/C14H17Cl2N3/c1-11(9-17)19-6-4-18(5-7-19)10-12-8-13(15)2-3-14(12)16/h2-3,8,11H,4-7,10H2,1H3. The number of hydrogen-bond donors (Lipinski definition) is 0. The quantitative estimate of drug-likeness (QED) is 0.859. The molecule has 3 nitrogen and oxygen atoms in total. The van der Waals surface area contributed by atoms with Crippen LogP contribution in [0.5, 0.6) is 0 Å². The number of nitriles is 1. The molecule has 5 heteroatoms. The van der Waals surface area contributed by atoms with Crippen molar-refractivity contribution < 1.29 is 0 Å². The van der Waals surface area contributed by atoms with E-state index in [-0.39, 0.29) is 6.04 Å². The van der Waals surface area contributed by atoms with Crippen LogP contribution in [0.25, 0.3) is 0 Å². The molecule has 0 spiro atoms. The van der Waals surface area contributed by atoms with Gasteiger partial charge in [-0.3, -0.25) is 9.80 Å². The van der Waals surface area contributed by atoms with Gasteiger partial charge in [0.15, 0.2) is 0 Å². The molecule has 1 unspecified atom stereocenters.